The minimum Gasteiger partial charge on any atom is -0.361 e. The molecule has 106 valence electrons. The highest BCUT2D eigenvalue weighted by molar-refractivity contribution is 7.92. The maximum absolute atomic E-state index is 11.8. The molecule has 0 aliphatic heterocycles. The largest absolute Gasteiger partial charge is 0.361 e. The molecule has 2 rings (SSSR count). The standard InChI is InChI=1S/C12H13N3O4S/c1-8-7-11(14-19-8)12(16)13-9-3-5-10(6-4-9)15-20(2,17)18/h3-7,15H,1-2H3,(H,13,16). The number of nitrogens with zero attached hydrogens (tertiary/aromatic N) is 1. The van der Waals surface area contributed by atoms with Crippen molar-refractivity contribution in [1.82, 2.24) is 5.16 Å². The Hall–Kier alpha value is -2.35. The Morgan fingerprint density at radius 2 is 1.80 bits per heavy atom. The molecule has 2 N–H and O–H groups in total. The van der Waals surface area contributed by atoms with Gasteiger partial charge in [0, 0.05) is 17.4 Å². The SMILES string of the molecule is Cc1cc(C(=O)Nc2ccc(NS(C)(=O)=O)cc2)no1. The molecule has 1 heterocycles. The third-order valence-electron chi connectivity index (χ3n) is 2.31. The summed E-state index contributed by atoms with van der Waals surface area (Å²) in [5.74, 6) is 0.147. The molecule has 0 bridgehead atoms. The first-order valence-electron chi connectivity index (χ1n) is 5.66. The molecule has 1 aromatic carbocycles. The third kappa shape index (κ3) is 3.82. The van der Waals surface area contributed by atoms with Crippen LogP contribution in [0.1, 0.15) is 16.2 Å². The van der Waals surface area contributed by atoms with E-state index in [2.05, 4.69) is 15.2 Å². The number of nitrogens with one attached hydrogen (secondary N) is 2. The lowest BCUT2D eigenvalue weighted by atomic mass is 10.2. The lowest BCUT2D eigenvalue weighted by molar-refractivity contribution is 0.101. The molecule has 0 unspecified atom stereocenters. The Morgan fingerprint density at radius 1 is 1.20 bits per heavy atom. The number of carbonyl (C=O) groups is 1. The molecule has 0 saturated heterocycles. The van der Waals surface area contributed by atoms with E-state index in [0.717, 1.165) is 6.26 Å². The molecule has 20 heavy (non-hydrogen) atoms. The van der Waals surface area contributed by atoms with Crippen LogP contribution in [0.3, 0.4) is 0 Å². The summed E-state index contributed by atoms with van der Waals surface area (Å²) in [6, 6.07) is 7.78. The summed E-state index contributed by atoms with van der Waals surface area (Å²) in [5.41, 5.74) is 1.12. The number of carbonyl (C=O) groups excluding carboxylic acids is 1. The van der Waals surface area contributed by atoms with Crippen molar-refractivity contribution in [3.8, 4) is 0 Å². The summed E-state index contributed by atoms with van der Waals surface area (Å²) in [6.45, 7) is 1.69. The minimum atomic E-state index is -3.31. The molecule has 0 aliphatic carbocycles. The van der Waals surface area contributed by atoms with Gasteiger partial charge in [-0.2, -0.15) is 0 Å². The van der Waals surface area contributed by atoms with Crippen molar-refractivity contribution in [3.05, 3.63) is 41.8 Å². The fraction of sp³-hybridized carbons (Fsp3) is 0.167. The van der Waals surface area contributed by atoms with Gasteiger partial charge in [-0.3, -0.25) is 9.52 Å². The normalized spacial score (nSPS) is 11.1. The van der Waals surface area contributed by atoms with Crippen LogP contribution in [0.15, 0.2) is 34.9 Å². The highest BCUT2D eigenvalue weighted by Crippen LogP contribution is 2.15. The number of aryl methyl sites for hydroxylation is 1. The van der Waals surface area contributed by atoms with E-state index in [1.807, 2.05) is 0 Å². The lowest BCUT2D eigenvalue weighted by Gasteiger charge is -2.06. The van der Waals surface area contributed by atoms with Crippen LogP contribution in [0, 0.1) is 6.92 Å². The van der Waals surface area contributed by atoms with E-state index in [-0.39, 0.29) is 5.69 Å². The molecule has 7 nitrogen and oxygen atoms in total. The Morgan fingerprint density at radius 3 is 2.30 bits per heavy atom. The van der Waals surface area contributed by atoms with Gasteiger partial charge in [-0.25, -0.2) is 8.42 Å². The number of hydrogen-bond acceptors (Lipinski definition) is 5. The van der Waals surface area contributed by atoms with E-state index in [1.54, 1.807) is 31.2 Å². The zero-order valence-electron chi connectivity index (χ0n) is 10.9. The van der Waals surface area contributed by atoms with Gasteiger partial charge in [0.2, 0.25) is 10.0 Å². The van der Waals surface area contributed by atoms with Crippen LogP contribution < -0.4 is 10.0 Å². The predicted molar refractivity (Wildman–Crippen MR) is 74.1 cm³/mol. The zero-order chi connectivity index (χ0) is 14.8. The van der Waals surface area contributed by atoms with Gasteiger partial charge in [0.25, 0.3) is 5.91 Å². The number of amides is 1. The number of sulfonamides is 1. The average molecular weight is 295 g/mol. The second-order valence-corrected chi connectivity index (χ2v) is 5.98. The summed E-state index contributed by atoms with van der Waals surface area (Å²) in [7, 11) is -3.31. The van der Waals surface area contributed by atoms with Gasteiger partial charge < -0.3 is 9.84 Å². The van der Waals surface area contributed by atoms with Crippen molar-refractivity contribution in [1.29, 1.82) is 0 Å². The summed E-state index contributed by atoms with van der Waals surface area (Å²) in [5, 5.41) is 6.22. The molecular weight excluding hydrogens is 282 g/mol. The van der Waals surface area contributed by atoms with E-state index in [4.69, 9.17) is 4.52 Å². The summed E-state index contributed by atoms with van der Waals surface area (Å²) in [4.78, 5) is 11.8. The molecule has 0 fully saturated rings. The molecule has 0 atom stereocenters. The van der Waals surface area contributed by atoms with Crippen LogP contribution in [0.5, 0.6) is 0 Å². The first-order valence-corrected chi connectivity index (χ1v) is 7.55. The molecule has 1 aromatic heterocycles. The Bertz CT molecular complexity index is 719. The van der Waals surface area contributed by atoms with Crippen LogP contribution in [-0.4, -0.2) is 25.7 Å². The first kappa shape index (κ1) is 14.1. The summed E-state index contributed by atoms with van der Waals surface area (Å²) >= 11 is 0. The fourth-order valence-electron chi connectivity index (χ4n) is 1.50. The van der Waals surface area contributed by atoms with Crippen molar-refractivity contribution < 1.29 is 17.7 Å². The Kier molecular flexibility index (Phi) is 3.75. The van der Waals surface area contributed by atoms with Crippen LogP contribution in [0.4, 0.5) is 11.4 Å². The molecule has 0 spiro atoms. The summed E-state index contributed by atoms with van der Waals surface area (Å²) in [6.07, 6.45) is 1.07. The Labute approximate surface area is 116 Å². The fourth-order valence-corrected chi connectivity index (χ4v) is 2.07. The smallest absolute Gasteiger partial charge is 0.277 e. The van der Waals surface area contributed by atoms with Crippen LogP contribution in [0.25, 0.3) is 0 Å². The highest BCUT2D eigenvalue weighted by Gasteiger charge is 2.11. The number of benzene rings is 1. The molecule has 0 radical (unpaired) electrons. The average Bonchev–Trinajstić information content (AvgIpc) is 2.77. The van der Waals surface area contributed by atoms with Crippen molar-refractivity contribution in [2.45, 2.75) is 6.92 Å². The molecule has 8 heteroatoms. The van der Waals surface area contributed by atoms with Crippen LogP contribution in [0.2, 0.25) is 0 Å². The maximum Gasteiger partial charge on any atom is 0.277 e. The molecule has 0 aliphatic rings. The van der Waals surface area contributed by atoms with Crippen LogP contribution in [-0.2, 0) is 10.0 Å². The van der Waals surface area contributed by atoms with Gasteiger partial charge >= 0.3 is 0 Å². The third-order valence-corrected chi connectivity index (χ3v) is 2.91. The van der Waals surface area contributed by atoms with Gasteiger partial charge in [-0.1, -0.05) is 5.16 Å². The van der Waals surface area contributed by atoms with E-state index in [9.17, 15) is 13.2 Å². The lowest BCUT2D eigenvalue weighted by Crippen LogP contribution is -2.12. The number of anilines is 2. The molecular formula is C12H13N3O4S. The second-order valence-electron chi connectivity index (χ2n) is 4.23. The van der Waals surface area contributed by atoms with Gasteiger partial charge in [-0.15, -0.1) is 0 Å². The minimum absolute atomic E-state index is 0.181. The topological polar surface area (TPSA) is 101 Å². The van der Waals surface area contributed by atoms with Crippen molar-refractivity contribution in [2.75, 3.05) is 16.3 Å². The number of aromatic nitrogens is 1. The number of hydrogen-bond donors (Lipinski definition) is 2. The van der Waals surface area contributed by atoms with Crippen molar-refractivity contribution in [2.24, 2.45) is 0 Å². The highest BCUT2D eigenvalue weighted by atomic mass is 32.2. The van der Waals surface area contributed by atoms with Crippen molar-refractivity contribution in [3.63, 3.8) is 0 Å². The van der Waals surface area contributed by atoms with Gasteiger partial charge in [-0.05, 0) is 31.2 Å². The number of rotatable bonds is 4. The summed E-state index contributed by atoms with van der Waals surface area (Å²) < 4.78 is 29.2. The zero-order valence-corrected chi connectivity index (χ0v) is 11.7. The Balaban J connectivity index is 2.06. The maximum atomic E-state index is 11.8. The second kappa shape index (κ2) is 5.33. The van der Waals surface area contributed by atoms with E-state index in [1.165, 1.54) is 6.07 Å². The van der Waals surface area contributed by atoms with Crippen LogP contribution >= 0.6 is 0 Å². The quantitative estimate of drug-likeness (QED) is 0.892. The van der Waals surface area contributed by atoms with Gasteiger partial charge in [0.05, 0.1) is 6.26 Å². The van der Waals surface area contributed by atoms with Gasteiger partial charge in [0.15, 0.2) is 5.69 Å². The predicted octanol–water partition coefficient (Wildman–Crippen LogP) is 1.61. The molecule has 0 saturated carbocycles. The van der Waals surface area contributed by atoms with E-state index >= 15 is 0 Å². The van der Waals surface area contributed by atoms with Gasteiger partial charge in [0.1, 0.15) is 5.76 Å². The first-order chi connectivity index (χ1) is 9.33. The van der Waals surface area contributed by atoms with E-state index < -0.39 is 15.9 Å². The monoisotopic (exact) mass is 295 g/mol. The molecule has 1 amide bonds. The van der Waals surface area contributed by atoms with Crippen molar-refractivity contribution >= 4 is 27.3 Å². The molecule has 2 aromatic rings. The van der Waals surface area contributed by atoms with E-state index in [0.29, 0.717) is 17.1 Å².